The Labute approximate surface area is 257 Å². The van der Waals surface area contributed by atoms with Gasteiger partial charge in [-0.3, -0.25) is 14.4 Å². The largest absolute Gasteiger partial charge is 0.459 e. The Balaban J connectivity index is 1.55. The molecule has 43 heavy (non-hydrogen) atoms. The summed E-state index contributed by atoms with van der Waals surface area (Å²) in [6.45, 7) is 5.75. The van der Waals surface area contributed by atoms with Gasteiger partial charge >= 0.3 is 11.9 Å². The highest BCUT2D eigenvalue weighted by Crippen LogP contribution is 2.45. The summed E-state index contributed by atoms with van der Waals surface area (Å²) in [6.07, 6.45) is 1.44. The van der Waals surface area contributed by atoms with Gasteiger partial charge in [0.2, 0.25) is 11.8 Å². The van der Waals surface area contributed by atoms with E-state index in [0.29, 0.717) is 5.02 Å². The zero-order chi connectivity index (χ0) is 30.9. The SMILES string of the molecule is CC(C)C[C@@H]1OC(=O)CCNC(=O)[C@@H](Cc2cccc(Cl)c2)NC(=O)/C=C/C[C@@H]([C@H](C)C2OC2c2ccccc2)OC1=O. The van der Waals surface area contributed by atoms with Crippen molar-refractivity contribution in [3.63, 3.8) is 0 Å². The van der Waals surface area contributed by atoms with Crippen molar-refractivity contribution in [1.82, 2.24) is 10.6 Å². The highest BCUT2D eigenvalue weighted by atomic mass is 35.5. The average Bonchev–Trinajstić information content (AvgIpc) is 3.76. The summed E-state index contributed by atoms with van der Waals surface area (Å²) >= 11 is 6.12. The Morgan fingerprint density at radius 1 is 0.977 bits per heavy atom. The van der Waals surface area contributed by atoms with Crippen LogP contribution in [0.15, 0.2) is 66.7 Å². The zero-order valence-corrected chi connectivity index (χ0v) is 25.4. The van der Waals surface area contributed by atoms with Gasteiger partial charge in [0.1, 0.15) is 18.2 Å². The van der Waals surface area contributed by atoms with Crippen molar-refractivity contribution >= 4 is 35.4 Å². The monoisotopic (exact) mass is 610 g/mol. The van der Waals surface area contributed by atoms with E-state index in [-0.39, 0.29) is 56.3 Å². The molecule has 2 amide bonds. The van der Waals surface area contributed by atoms with Gasteiger partial charge in [0, 0.05) is 30.3 Å². The van der Waals surface area contributed by atoms with Crippen molar-refractivity contribution in [2.24, 2.45) is 11.8 Å². The fourth-order valence-electron chi connectivity index (χ4n) is 5.13. The first-order valence-electron chi connectivity index (χ1n) is 14.7. The standard InChI is InChI=1S/C33H39ClN2O7/c1-20(2)17-27-33(40)42-26(21(3)30-31(43-30)23-10-5-4-6-11-23)13-8-14-28(37)36-25(19-22-9-7-12-24(34)18-22)32(39)35-16-15-29(38)41-27/h4-12,14,18,20-21,25-27,30-31H,13,15-17,19H2,1-3H3,(H,35,39)(H,36,37)/b14-8+/t21-,25+,26-,27-,30?,31?/m0/s1. The minimum absolute atomic E-state index is 0.0293. The number of hydrogen-bond acceptors (Lipinski definition) is 7. The maximum Gasteiger partial charge on any atom is 0.347 e. The molecule has 2 aromatic carbocycles. The number of carbonyl (C=O) groups is 4. The first kappa shape index (κ1) is 32.2. The summed E-state index contributed by atoms with van der Waals surface area (Å²) < 4.78 is 17.5. The van der Waals surface area contributed by atoms with Crippen LogP contribution in [0.1, 0.15) is 57.3 Å². The van der Waals surface area contributed by atoms with Crippen LogP contribution in [0.3, 0.4) is 0 Å². The van der Waals surface area contributed by atoms with Crippen LogP contribution in [0.25, 0.3) is 0 Å². The van der Waals surface area contributed by atoms with Gasteiger partial charge in [-0.2, -0.15) is 0 Å². The third kappa shape index (κ3) is 9.66. The maximum absolute atomic E-state index is 13.3. The summed E-state index contributed by atoms with van der Waals surface area (Å²) in [4.78, 5) is 52.0. The van der Waals surface area contributed by atoms with Crippen LogP contribution >= 0.6 is 11.6 Å². The van der Waals surface area contributed by atoms with Crippen molar-refractivity contribution in [2.45, 2.75) is 76.9 Å². The lowest BCUT2D eigenvalue weighted by molar-refractivity contribution is -0.174. The highest BCUT2D eigenvalue weighted by molar-refractivity contribution is 6.30. The first-order valence-corrected chi connectivity index (χ1v) is 15.1. The van der Waals surface area contributed by atoms with E-state index in [2.05, 4.69) is 10.6 Å². The summed E-state index contributed by atoms with van der Waals surface area (Å²) in [6, 6.07) is 15.9. The number of ether oxygens (including phenoxy) is 3. The Morgan fingerprint density at radius 2 is 1.74 bits per heavy atom. The predicted molar refractivity (Wildman–Crippen MR) is 161 cm³/mol. The topological polar surface area (TPSA) is 123 Å². The van der Waals surface area contributed by atoms with E-state index in [1.54, 1.807) is 24.3 Å². The molecule has 0 saturated carbocycles. The molecular formula is C33H39ClN2O7. The number of amides is 2. The molecule has 9 nitrogen and oxygen atoms in total. The minimum Gasteiger partial charge on any atom is -0.459 e. The molecule has 0 bridgehead atoms. The predicted octanol–water partition coefficient (Wildman–Crippen LogP) is 4.48. The third-order valence-electron chi connectivity index (χ3n) is 7.48. The van der Waals surface area contributed by atoms with Crippen LogP contribution in [-0.4, -0.2) is 54.7 Å². The number of carbonyl (C=O) groups excluding carboxylic acids is 4. The van der Waals surface area contributed by atoms with Crippen molar-refractivity contribution in [3.8, 4) is 0 Å². The fraction of sp³-hybridized carbons (Fsp3) is 0.455. The second kappa shape index (κ2) is 15.2. The molecule has 0 aromatic heterocycles. The molecule has 2 heterocycles. The van der Waals surface area contributed by atoms with Gasteiger partial charge in [0.15, 0.2) is 6.10 Å². The lowest BCUT2D eigenvalue weighted by atomic mass is 9.93. The van der Waals surface area contributed by atoms with Crippen LogP contribution in [0.2, 0.25) is 5.02 Å². The van der Waals surface area contributed by atoms with Gasteiger partial charge in [-0.15, -0.1) is 0 Å². The van der Waals surface area contributed by atoms with Gasteiger partial charge < -0.3 is 24.8 Å². The molecule has 230 valence electrons. The average molecular weight is 611 g/mol. The lowest BCUT2D eigenvalue weighted by Gasteiger charge is -2.26. The molecule has 10 heteroatoms. The Bertz CT molecular complexity index is 1320. The normalized spacial score (nSPS) is 27.0. The fourth-order valence-corrected chi connectivity index (χ4v) is 5.34. The Hall–Kier alpha value is -3.69. The molecule has 4 rings (SSSR count). The van der Waals surface area contributed by atoms with E-state index in [1.165, 1.54) is 6.08 Å². The van der Waals surface area contributed by atoms with E-state index in [0.717, 1.165) is 11.1 Å². The van der Waals surface area contributed by atoms with E-state index in [4.69, 9.17) is 25.8 Å². The molecule has 6 atom stereocenters. The Kier molecular flexibility index (Phi) is 11.4. The van der Waals surface area contributed by atoms with Crippen molar-refractivity contribution in [2.75, 3.05) is 6.54 Å². The van der Waals surface area contributed by atoms with E-state index >= 15 is 0 Å². The van der Waals surface area contributed by atoms with E-state index in [1.807, 2.05) is 57.2 Å². The quantitative estimate of drug-likeness (QED) is 0.350. The second-order valence-electron chi connectivity index (χ2n) is 11.4. The van der Waals surface area contributed by atoms with Crippen molar-refractivity contribution in [3.05, 3.63) is 82.9 Å². The zero-order valence-electron chi connectivity index (χ0n) is 24.7. The number of rotatable bonds is 7. The number of hydrogen-bond donors (Lipinski definition) is 2. The molecule has 2 aliphatic heterocycles. The van der Waals surface area contributed by atoms with Gasteiger partial charge in [0.05, 0.1) is 12.5 Å². The summed E-state index contributed by atoms with van der Waals surface area (Å²) in [7, 11) is 0. The first-order chi connectivity index (χ1) is 20.6. The molecule has 1 saturated heterocycles. The molecule has 0 radical (unpaired) electrons. The molecular weight excluding hydrogens is 572 g/mol. The molecule has 2 aromatic rings. The number of nitrogens with one attached hydrogen (secondary N) is 2. The summed E-state index contributed by atoms with van der Waals surface area (Å²) in [5.74, 6) is -2.39. The Morgan fingerprint density at radius 3 is 2.47 bits per heavy atom. The summed E-state index contributed by atoms with van der Waals surface area (Å²) in [5.41, 5.74) is 1.80. The highest BCUT2D eigenvalue weighted by Gasteiger charge is 2.47. The molecule has 1 fully saturated rings. The number of cyclic esters (lactones) is 2. The number of esters is 2. The van der Waals surface area contributed by atoms with Crippen molar-refractivity contribution < 1.29 is 33.4 Å². The van der Waals surface area contributed by atoms with Gasteiger partial charge in [0.25, 0.3) is 0 Å². The second-order valence-corrected chi connectivity index (χ2v) is 11.9. The molecule has 2 N–H and O–H groups in total. The maximum atomic E-state index is 13.3. The molecule has 0 spiro atoms. The molecule has 2 aliphatic rings. The van der Waals surface area contributed by atoms with Crippen LogP contribution in [0, 0.1) is 11.8 Å². The van der Waals surface area contributed by atoms with E-state index in [9.17, 15) is 19.2 Å². The smallest absolute Gasteiger partial charge is 0.347 e. The van der Waals surface area contributed by atoms with Gasteiger partial charge in [-0.05, 0) is 41.7 Å². The van der Waals surface area contributed by atoms with Crippen LogP contribution in [0.4, 0.5) is 0 Å². The number of epoxide rings is 1. The van der Waals surface area contributed by atoms with Crippen LogP contribution in [0.5, 0.6) is 0 Å². The lowest BCUT2D eigenvalue weighted by Crippen LogP contribution is -2.48. The van der Waals surface area contributed by atoms with Crippen LogP contribution in [-0.2, 0) is 39.8 Å². The van der Waals surface area contributed by atoms with Crippen LogP contribution < -0.4 is 10.6 Å². The molecule has 0 aliphatic carbocycles. The van der Waals surface area contributed by atoms with Gasteiger partial charge in [-0.25, -0.2) is 4.79 Å². The number of halogens is 1. The summed E-state index contributed by atoms with van der Waals surface area (Å²) in [5, 5.41) is 5.94. The van der Waals surface area contributed by atoms with Crippen molar-refractivity contribution in [1.29, 1.82) is 0 Å². The molecule has 2 unspecified atom stereocenters. The minimum atomic E-state index is -1.10. The third-order valence-corrected chi connectivity index (χ3v) is 7.71. The van der Waals surface area contributed by atoms with E-state index < -0.39 is 42.0 Å². The number of benzene rings is 2. The van der Waals surface area contributed by atoms with Gasteiger partial charge in [-0.1, -0.05) is 80.9 Å².